The molecule has 0 aliphatic carbocycles. The SMILES string of the molecule is CCCOc1nc(Cl)[nH]c(=O)n1. The maximum absolute atomic E-state index is 10.7. The van der Waals surface area contributed by atoms with Gasteiger partial charge >= 0.3 is 11.7 Å². The molecule has 0 saturated heterocycles. The normalized spacial score (nSPS) is 9.83. The van der Waals surface area contributed by atoms with E-state index in [0.29, 0.717) is 6.61 Å². The molecule has 0 amide bonds. The van der Waals surface area contributed by atoms with E-state index < -0.39 is 5.69 Å². The molecule has 66 valence electrons. The average Bonchev–Trinajstić information content (AvgIpc) is 1.99. The van der Waals surface area contributed by atoms with Gasteiger partial charge in [0.2, 0.25) is 5.28 Å². The van der Waals surface area contributed by atoms with Gasteiger partial charge in [0, 0.05) is 0 Å². The van der Waals surface area contributed by atoms with E-state index in [1.807, 2.05) is 6.92 Å². The number of nitrogens with zero attached hydrogens (tertiary/aromatic N) is 2. The van der Waals surface area contributed by atoms with Crippen LogP contribution < -0.4 is 10.4 Å². The van der Waals surface area contributed by atoms with Crippen LogP contribution in [0.5, 0.6) is 6.01 Å². The molecule has 6 heteroatoms. The number of aromatic nitrogens is 3. The van der Waals surface area contributed by atoms with Crippen molar-refractivity contribution in [1.82, 2.24) is 15.0 Å². The zero-order valence-corrected chi connectivity index (χ0v) is 7.26. The molecule has 0 aromatic carbocycles. The van der Waals surface area contributed by atoms with Crippen LogP contribution in [-0.4, -0.2) is 21.6 Å². The number of halogens is 1. The molecule has 0 aliphatic heterocycles. The molecule has 0 saturated carbocycles. The molecule has 0 bridgehead atoms. The monoisotopic (exact) mass is 189 g/mol. The third-order valence-corrected chi connectivity index (χ3v) is 1.22. The van der Waals surface area contributed by atoms with Gasteiger partial charge in [-0.2, -0.15) is 4.98 Å². The van der Waals surface area contributed by atoms with Crippen LogP contribution >= 0.6 is 11.6 Å². The second-order valence-electron chi connectivity index (χ2n) is 2.08. The largest absolute Gasteiger partial charge is 0.463 e. The van der Waals surface area contributed by atoms with Crippen LogP contribution in [-0.2, 0) is 0 Å². The summed E-state index contributed by atoms with van der Waals surface area (Å²) < 4.78 is 4.99. The van der Waals surface area contributed by atoms with Gasteiger partial charge in [0.15, 0.2) is 0 Å². The van der Waals surface area contributed by atoms with Crippen LogP contribution in [0.25, 0.3) is 0 Å². The molecule has 0 unspecified atom stereocenters. The van der Waals surface area contributed by atoms with E-state index in [4.69, 9.17) is 16.3 Å². The van der Waals surface area contributed by atoms with Crippen LogP contribution in [0.15, 0.2) is 4.79 Å². The Morgan fingerprint density at radius 2 is 2.33 bits per heavy atom. The van der Waals surface area contributed by atoms with Crippen molar-refractivity contribution >= 4 is 11.6 Å². The predicted octanol–water partition coefficient (Wildman–Crippen LogP) is 0.607. The van der Waals surface area contributed by atoms with Crippen LogP contribution in [0.2, 0.25) is 5.28 Å². The van der Waals surface area contributed by atoms with Crippen molar-refractivity contribution < 1.29 is 4.74 Å². The summed E-state index contributed by atoms with van der Waals surface area (Å²) in [5.41, 5.74) is -0.555. The molecule has 1 aromatic rings. The fourth-order valence-electron chi connectivity index (χ4n) is 0.598. The fourth-order valence-corrected chi connectivity index (χ4v) is 0.751. The molecule has 0 fully saturated rings. The highest BCUT2D eigenvalue weighted by Gasteiger charge is 2.00. The molecule has 0 aliphatic rings. The minimum atomic E-state index is -0.555. The number of aromatic amines is 1. The molecule has 1 rings (SSSR count). The van der Waals surface area contributed by atoms with Gasteiger partial charge in [0.25, 0.3) is 0 Å². The summed E-state index contributed by atoms with van der Waals surface area (Å²) in [5.74, 6) is 0. The number of hydrogen-bond acceptors (Lipinski definition) is 4. The maximum atomic E-state index is 10.7. The Bertz CT molecular complexity index is 312. The number of hydrogen-bond donors (Lipinski definition) is 1. The van der Waals surface area contributed by atoms with Gasteiger partial charge in [0.05, 0.1) is 6.61 Å². The quantitative estimate of drug-likeness (QED) is 0.757. The van der Waals surface area contributed by atoms with Crippen molar-refractivity contribution in [2.75, 3.05) is 6.61 Å². The highest BCUT2D eigenvalue weighted by Crippen LogP contribution is 2.01. The second kappa shape index (κ2) is 4.06. The molecule has 5 nitrogen and oxygen atoms in total. The van der Waals surface area contributed by atoms with Crippen molar-refractivity contribution in [2.45, 2.75) is 13.3 Å². The topological polar surface area (TPSA) is 67.9 Å². The lowest BCUT2D eigenvalue weighted by Gasteiger charge is -1.99. The summed E-state index contributed by atoms with van der Waals surface area (Å²) in [6.45, 7) is 2.41. The van der Waals surface area contributed by atoms with E-state index in [9.17, 15) is 4.79 Å². The summed E-state index contributed by atoms with van der Waals surface area (Å²) in [6, 6.07) is 0.0191. The lowest BCUT2D eigenvalue weighted by atomic mass is 10.5. The zero-order valence-electron chi connectivity index (χ0n) is 6.50. The highest BCUT2D eigenvalue weighted by molar-refractivity contribution is 6.28. The van der Waals surface area contributed by atoms with Gasteiger partial charge in [-0.25, -0.2) is 4.79 Å². The molecular weight excluding hydrogens is 182 g/mol. The predicted molar refractivity (Wildman–Crippen MR) is 43.4 cm³/mol. The van der Waals surface area contributed by atoms with Crippen LogP contribution in [0.3, 0.4) is 0 Å². The first-order valence-corrected chi connectivity index (χ1v) is 3.87. The molecule has 1 aromatic heterocycles. The van der Waals surface area contributed by atoms with E-state index in [-0.39, 0.29) is 11.3 Å². The standard InChI is InChI=1S/C6H8ClN3O2/c1-2-3-12-6-9-4(7)8-5(11)10-6/h2-3H2,1H3,(H,8,9,10,11). The first-order chi connectivity index (χ1) is 5.72. The van der Waals surface area contributed by atoms with Gasteiger partial charge in [-0.1, -0.05) is 6.92 Å². The minimum absolute atomic E-state index is 0.0129. The Morgan fingerprint density at radius 3 is 2.92 bits per heavy atom. The summed E-state index contributed by atoms with van der Waals surface area (Å²) >= 11 is 5.44. The zero-order chi connectivity index (χ0) is 8.97. The van der Waals surface area contributed by atoms with Gasteiger partial charge in [0.1, 0.15) is 0 Å². The molecule has 1 N–H and O–H groups in total. The van der Waals surface area contributed by atoms with Crippen molar-refractivity contribution in [3.8, 4) is 6.01 Å². The Balaban J connectivity index is 2.79. The number of H-pyrrole nitrogens is 1. The van der Waals surface area contributed by atoms with Crippen molar-refractivity contribution in [3.05, 3.63) is 15.8 Å². The molecule has 0 atom stereocenters. The molecular formula is C6H8ClN3O2. The molecule has 1 heterocycles. The van der Waals surface area contributed by atoms with E-state index in [1.165, 1.54) is 0 Å². The first kappa shape index (κ1) is 8.99. The van der Waals surface area contributed by atoms with Crippen molar-refractivity contribution in [2.24, 2.45) is 0 Å². The summed E-state index contributed by atoms with van der Waals surface area (Å²) in [7, 11) is 0. The van der Waals surface area contributed by atoms with Gasteiger partial charge < -0.3 is 4.74 Å². The summed E-state index contributed by atoms with van der Waals surface area (Å²) in [4.78, 5) is 20.0. The Kier molecular flexibility index (Phi) is 3.04. The highest BCUT2D eigenvalue weighted by atomic mass is 35.5. The maximum Gasteiger partial charge on any atom is 0.351 e. The molecule has 12 heavy (non-hydrogen) atoms. The number of nitrogens with one attached hydrogen (secondary N) is 1. The number of ether oxygens (including phenoxy) is 1. The smallest absolute Gasteiger partial charge is 0.351 e. The lowest BCUT2D eigenvalue weighted by Crippen LogP contribution is -2.14. The van der Waals surface area contributed by atoms with Crippen molar-refractivity contribution in [1.29, 1.82) is 0 Å². The van der Waals surface area contributed by atoms with E-state index in [1.54, 1.807) is 0 Å². The lowest BCUT2D eigenvalue weighted by molar-refractivity contribution is 0.290. The van der Waals surface area contributed by atoms with Crippen LogP contribution in [0.1, 0.15) is 13.3 Å². The fraction of sp³-hybridized carbons (Fsp3) is 0.500. The number of rotatable bonds is 3. The Morgan fingerprint density at radius 1 is 1.58 bits per heavy atom. The Hall–Kier alpha value is -1.10. The van der Waals surface area contributed by atoms with E-state index in [0.717, 1.165) is 6.42 Å². The molecule has 0 radical (unpaired) electrons. The molecule has 0 spiro atoms. The van der Waals surface area contributed by atoms with E-state index >= 15 is 0 Å². The van der Waals surface area contributed by atoms with Gasteiger partial charge in [-0.05, 0) is 18.0 Å². The van der Waals surface area contributed by atoms with Gasteiger partial charge in [-0.3, -0.25) is 4.98 Å². The van der Waals surface area contributed by atoms with Crippen LogP contribution in [0, 0.1) is 0 Å². The second-order valence-corrected chi connectivity index (χ2v) is 2.43. The third-order valence-electron chi connectivity index (χ3n) is 1.04. The summed E-state index contributed by atoms with van der Waals surface area (Å²) in [6.07, 6.45) is 0.827. The minimum Gasteiger partial charge on any atom is -0.463 e. The van der Waals surface area contributed by atoms with Gasteiger partial charge in [-0.15, -0.1) is 4.98 Å². The average molecular weight is 190 g/mol. The van der Waals surface area contributed by atoms with E-state index in [2.05, 4.69) is 15.0 Å². The van der Waals surface area contributed by atoms with Crippen LogP contribution in [0.4, 0.5) is 0 Å². The van der Waals surface area contributed by atoms with Crippen molar-refractivity contribution in [3.63, 3.8) is 0 Å². The summed E-state index contributed by atoms with van der Waals surface area (Å²) in [5, 5.41) is -0.0129. The Labute approximate surface area is 73.8 Å². The third kappa shape index (κ3) is 2.50. The first-order valence-electron chi connectivity index (χ1n) is 3.49.